The van der Waals surface area contributed by atoms with Gasteiger partial charge < -0.3 is 20.1 Å². The van der Waals surface area contributed by atoms with Crippen LogP contribution in [0.2, 0.25) is 0 Å². The Morgan fingerprint density at radius 3 is 2.25 bits per heavy atom. The summed E-state index contributed by atoms with van der Waals surface area (Å²) in [7, 11) is 3.22. The fraction of sp³-hybridized carbons (Fsp3) is 0.350. The molecule has 0 atom stereocenters. The van der Waals surface area contributed by atoms with E-state index >= 15 is 0 Å². The lowest BCUT2D eigenvalue weighted by Gasteiger charge is -2.17. The lowest BCUT2D eigenvalue weighted by Crippen LogP contribution is -2.36. The molecule has 28 heavy (non-hydrogen) atoms. The fourth-order valence-electron chi connectivity index (χ4n) is 2.53. The number of guanidine groups is 1. The number of benzene rings is 2. The first kappa shape index (κ1) is 21.4. The SMILES string of the molecule is CN=C(NCc1ccccc1OC)NCc1ccc(C)cc1OCC(F)(F)F. The van der Waals surface area contributed by atoms with Gasteiger partial charge in [0.1, 0.15) is 11.5 Å². The van der Waals surface area contributed by atoms with Crippen LogP contribution in [-0.2, 0) is 13.1 Å². The van der Waals surface area contributed by atoms with Crippen molar-refractivity contribution in [2.24, 2.45) is 4.99 Å². The molecule has 0 saturated heterocycles. The van der Waals surface area contributed by atoms with E-state index in [4.69, 9.17) is 9.47 Å². The quantitative estimate of drug-likeness (QED) is 0.553. The summed E-state index contributed by atoms with van der Waals surface area (Å²) in [5.74, 6) is 1.46. The van der Waals surface area contributed by atoms with Gasteiger partial charge in [-0.15, -0.1) is 0 Å². The first-order chi connectivity index (χ1) is 13.3. The van der Waals surface area contributed by atoms with Gasteiger partial charge in [0.2, 0.25) is 0 Å². The van der Waals surface area contributed by atoms with Crippen LogP contribution >= 0.6 is 0 Å². The van der Waals surface area contributed by atoms with Gasteiger partial charge in [0.15, 0.2) is 12.6 Å². The van der Waals surface area contributed by atoms with Crippen LogP contribution in [0.25, 0.3) is 0 Å². The van der Waals surface area contributed by atoms with E-state index in [1.54, 1.807) is 33.2 Å². The van der Waals surface area contributed by atoms with Crippen LogP contribution in [0.1, 0.15) is 16.7 Å². The van der Waals surface area contributed by atoms with E-state index in [0.29, 0.717) is 18.1 Å². The van der Waals surface area contributed by atoms with Crippen LogP contribution in [0, 0.1) is 6.92 Å². The van der Waals surface area contributed by atoms with Crippen molar-refractivity contribution in [1.29, 1.82) is 0 Å². The van der Waals surface area contributed by atoms with Gasteiger partial charge in [0.25, 0.3) is 0 Å². The van der Waals surface area contributed by atoms with E-state index in [1.165, 1.54) is 0 Å². The van der Waals surface area contributed by atoms with Crippen LogP contribution in [0.3, 0.4) is 0 Å². The number of hydrogen-bond donors (Lipinski definition) is 2. The molecule has 0 aliphatic carbocycles. The smallest absolute Gasteiger partial charge is 0.422 e. The molecule has 0 aromatic heterocycles. The Morgan fingerprint density at radius 1 is 1.00 bits per heavy atom. The predicted octanol–water partition coefficient (Wildman–Crippen LogP) is 3.81. The highest BCUT2D eigenvalue weighted by atomic mass is 19.4. The number of para-hydroxylation sites is 1. The molecule has 2 aromatic rings. The van der Waals surface area contributed by atoms with Crippen LogP contribution in [0.4, 0.5) is 13.2 Å². The Balaban J connectivity index is 1.99. The molecule has 0 saturated carbocycles. The largest absolute Gasteiger partial charge is 0.496 e. The van der Waals surface area contributed by atoms with Crippen molar-refractivity contribution in [3.63, 3.8) is 0 Å². The summed E-state index contributed by atoms with van der Waals surface area (Å²) in [4.78, 5) is 4.14. The molecule has 8 heteroatoms. The third kappa shape index (κ3) is 6.68. The third-order valence-electron chi connectivity index (χ3n) is 3.92. The number of methoxy groups -OCH3 is 1. The monoisotopic (exact) mass is 395 g/mol. The van der Waals surface area contributed by atoms with Crippen molar-refractivity contribution in [2.75, 3.05) is 20.8 Å². The summed E-state index contributed by atoms with van der Waals surface area (Å²) < 4.78 is 47.7. The molecule has 2 rings (SSSR count). The zero-order valence-electron chi connectivity index (χ0n) is 16.1. The Hall–Kier alpha value is -2.90. The number of halogens is 3. The van der Waals surface area contributed by atoms with E-state index in [0.717, 1.165) is 16.9 Å². The minimum absolute atomic E-state index is 0.199. The van der Waals surface area contributed by atoms with Gasteiger partial charge in [0, 0.05) is 31.3 Å². The molecule has 2 N–H and O–H groups in total. The first-order valence-electron chi connectivity index (χ1n) is 8.68. The Morgan fingerprint density at radius 2 is 1.64 bits per heavy atom. The van der Waals surface area contributed by atoms with E-state index in [1.807, 2.05) is 30.3 Å². The highest BCUT2D eigenvalue weighted by Gasteiger charge is 2.28. The molecule has 0 spiro atoms. The van der Waals surface area contributed by atoms with Crippen molar-refractivity contribution >= 4 is 5.96 Å². The number of ether oxygens (including phenoxy) is 2. The van der Waals surface area contributed by atoms with Crippen molar-refractivity contribution in [3.8, 4) is 11.5 Å². The van der Waals surface area contributed by atoms with Gasteiger partial charge in [-0.3, -0.25) is 4.99 Å². The second kappa shape index (κ2) is 9.87. The van der Waals surface area contributed by atoms with Gasteiger partial charge in [-0.1, -0.05) is 30.3 Å². The maximum atomic E-state index is 12.5. The number of aliphatic imine (C=N–C) groups is 1. The van der Waals surface area contributed by atoms with Gasteiger partial charge in [0.05, 0.1) is 7.11 Å². The van der Waals surface area contributed by atoms with Crippen LogP contribution in [-0.4, -0.2) is 32.9 Å². The third-order valence-corrected chi connectivity index (χ3v) is 3.92. The summed E-state index contributed by atoms with van der Waals surface area (Å²) in [6.07, 6.45) is -4.39. The van der Waals surface area contributed by atoms with Crippen LogP contribution in [0.5, 0.6) is 11.5 Å². The van der Waals surface area contributed by atoms with E-state index < -0.39 is 12.8 Å². The minimum Gasteiger partial charge on any atom is -0.496 e. The minimum atomic E-state index is -4.39. The lowest BCUT2D eigenvalue weighted by molar-refractivity contribution is -0.153. The molecule has 0 bridgehead atoms. The maximum Gasteiger partial charge on any atom is 0.422 e. The lowest BCUT2D eigenvalue weighted by atomic mass is 10.1. The Kier molecular flexibility index (Phi) is 7.54. The van der Waals surface area contributed by atoms with Crippen molar-refractivity contribution in [2.45, 2.75) is 26.2 Å². The van der Waals surface area contributed by atoms with E-state index in [9.17, 15) is 13.2 Å². The van der Waals surface area contributed by atoms with Gasteiger partial charge in [-0.2, -0.15) is 13.2 Å². The summed E-state index contributed by atoms with van der Waals surface area (Å²) in [6.45, 7) is 1.21. The number of rotatable bonds is 7. The molecule has 0 amide bonds. The zero-order valence-corrected chi connectivity index (χ0v) is 16.1. The highest BCUT2D eigenvalue weighted by Crippen LogP contribution is 2.23. The Bertz CT molecular complexity index is 808. The molecule has 5 nitrogen and oxygen atoms in total. The summed E-state index contributed by atoms with van der Waals surface area (Å²) in [5.41, 5.74) is 2.38. The van der Waals surface area contributed by atoms with Gasteiger partial charge in [-0.25, -0.2) is 0 Å². The standard InChI is InChI=1S/C20H24F3N3O2/c1-14-8-9-16(18(10-14)28-13-20(21,22)23)12-26-19(24-2)25-11-15-6-4-5-7-17(15)27-3/h4-10H,11-13H2,1-3H3,(H2,24,25,26). The summed E-state index contributed by atoms with van der Waals surface area (Å²) in [6, 6.07) is 12.7. The second-order valence-corrected chi connectivity index (χ2v) is 6.11. The number of alkyl halides is 3. The molecule has 152 valence electrons. The highest BCUT2D eigenvalue weighted by molar-refractivity contribution is 5.79. The summed E-state index contributed by atoms with van der Waals surface area (Å²) in [5, 5.41) is 6.24. The number of nitrogens with one attached hydrogen (secondary N) is 2. The van der Waals surface area contributed by atoms with E-state index in [-0.39, 0.29) is 12.3 Å². The maximum absolute atomic E-state index is 12.5. The molecule has 0 fully saturated rings. The predicted molar refractivity (Wildman–Crippen MR) is 103 cm³/mol. The molecule has 0 aliphatic rings. The van der Waals surface area contributed by atoms with Crippen molar-refractivity contribution in [1.82, 2.24) is 10.6 Å². The normalized spacial score (nSPS) is 11.9. The van der Waals surface area contributed by atoms with Gasteiger partial charge in [-0.05, 0) is 24.6 Å². The molecule has 0 aliphatic heterocycles. The topological polar surface area (TPSA) is 54.9 Å². The van der Waals surface area contributed by atoms with Gasteiger partial charge >= 0.3 is 6.18 Å². The van der Waals surface area contributed by atoms with Crippen LogP contribution in [0.15, 0.2) is 47.5 Å². The molecule has 0 unspecified atom stereocenters. The average Bonchev–Trinajstić information content (AvgIpc) is 2.67. The van der Waals surface area contributed by atoms with Crippen molar-refractivity contribution < 1.29 is 22.6 Å². The van der Waals surface area contributed by atoms with Crippen LogP contribution < -0.4 is 20.1 Å². The summed E-state index contributed by atoms with van der Waals surface area (Å²) >= 11 is 0. The zero-order chi connectivity index (χ0) is 20.6. The molecule has 0 radical (unpaired) electrons. The second-order valence-electron chi connectivity index (χ2n) is 6.11. The van der Waals surface area contributed by atoms with Crippen molar-refractivity contribution in [3.05, 3.63) is 59.2 Å². The molecular formula is C20H24F3N3O2. The molecule has 2 aromatic carbocycles. The first-order valence-corrected chi connectivity index (χ1v) is 8.68. The fourth-order valence-corrected chi connectivity index (χ4v) is 2.53. The Labute approximate surface area is 162 Å². The molecule has 0 heterocycles. The number of aryl methyl sites for hydroxylation is 1. The van der Waals surface area contributed by atoms with E-state index in [2.05, 4.69) is 15.6 Å². The number of nitrogens with zero attached hydrogens (tertiary/aromatic N) is 1. The average molecular weight is 395 g/mol. The molecular weight excluding hydrogens is 371 g/mol. The number of hydrogen-bond acceptors (Lipinski definition) is 3.